The molecule has 1 rings (SSSR count). The molecule has 0 saturated heterocycles. The zero-order valence-corrected chi connectivity index (χ0v) is 8.62. The average Bonchev–Trinajstić information content (AvgIpc) is 2.25. The lowest BCUT2D eigenvalue weighted by atomic mass is 10.0. The third kappa shape index (κ3) is 3.47. The third-order valence-corrected chi connectivity index (χ3v) is 2.12. The number of halogens is 2. The largest absolute Gasteiger partial charge is 0.487 e. The van der Waals surface area contributed by atoms with Crippen molar-refractivity contribution in [3.05, 3.63) is 29.8 Å². The molecule has 0 saturated carbocycles. The van der Waals surface area contributed by atoms with Crippen molar-refractivity contribution in [3.8, 4) is 5.75 Å². The molecule has 0 radical (unpaired) electrons. The molecular formula is C11H15F2NO. The molecule has 0 aliphatic carbocycles. The van der Waals surface area contributed by atoms with Gasteiger partial charge in [-0.3, -0.25) is 0 Å². The molecule has 2 nitrogen and oxygen atoms in total. The van der Waals surface area contributed by atoms with E-state index in [0.29, 0.717) is 5.75 Å². The van der Waals surface area contributed by atoms with Crippen LogP contribution >= 0.6 is 0 Å². The molecule has 2 N–H and O–H groups in total. The second-order valence-electron chi connectivity index (χ2n) is 3.25. The molecule has 0 unspecified atom stereocenters. The Morgan fingerprint density at radius 1 is 1.33 bits per heavy atom. The summed E-state index contributed by atoms with van der Waals surface area (Å²) in [6.45, 7) is 1.35. The van der Waals surface area contributed by atoms with Crippen molar-refractivity contribution < 1.29 is 13.5 Å². The van der Waals surface area contributed by atoms with Gasteiger partial charge in [-0.2, -0.15) is 0 Å². The lowest BCUT2D eigenvalue weighted by Crippen LogP contribution is -2.13. The third-order valence-electron chi connectivity index (χ3n) is 2.12. The predicted molar refractivity (Wildman–Crippen MR) is 55.2 cm³/mol. The van der Waals surface area contributed by atoms with Gasteiger partial charge in [0.25, 0.3) is 6.43 Å². The van der Waals surface area contributed by atoms with E-state index in [0.717, 1.165) is 12.0 Å². The summed E-state index contributed by atoms with van der Waals surface area (Å²) in [5, 5.41) is 0. The van der Waals surface area contributed by atoms with Crippen LogP contribution in [0.5, 0.6) is 5.75 Å². The highest BCUT2D eigenvalue weighted by atomic mass is 19.3. The Labute approximate surface area is 88.0 Å². The summed E-state index contributed by atoms with van der Waals surface area (Å²) in [5.41, 5.74) is 6.61. The van der Waals surface area contributed by atoms with Crippen molar-refractivity contribution in [3.63, 3.8) is 0 Å². The molecule has 1 atom stereocenters. The number of hydrogen-bond acceptors (Lipinski definition) is 2. The first-order valence-corrected chi connectivity index (χ1v) is 4.90. The van der Waals surface area contributed by atoms with Crippen molar-refractivity contribution in [2.75, 3.05) is 6.61 Å². The molecule has 15 heavy (non-hydrogen) atoms. The lowest BCUT2D eigenvalue weighted by molar-refractivity contribution is 0.0812. The molecule has 0 heterocycles. The molecule has 1 aromatic rings. The van der Waals surface area contributed by atoms with Gasteiger partial charge in [-0.15, -0.1) is 0 Å². The number of para-hydroxylation sites is 1. The second kappa shape index (κ2) is 5.66. The first-order chi connectivity index (χ1) is 7.15. The zero-order chi connectivity index (χ0) is 11.3. The zero-order valence-electron chi connectivity index (χ0n) is 8.62. The number of hydrogen-bond donors (Lipinski definition) is 1. The Balaban J connectivity index is 2.77. The molecule has 0 amide bonds. The molecule has 0 bridgehead atoms. The van der Waals surface area contributed by atoms with Crippen LogP contribution in [-0.2, 0) is 0 Å². The van der Waals surface area contributed by atoms with E-state index >= 15 is 0 Å². The number of ether oxygens (including phenoxy) is 1. The van der Waals surface area contributed by atoms with Crippen LogP contribution in [0.2, 0.25) is 0 Å². The maximum Gasteiger partial charge on any atom is 0.272 e. The fourth-order valence-electron chi connectivity index (χ4n) is 1.29. The highest BCUT2D eigenvalue weighted by Crippen LogP contribution is 2.25. The Morgan fingerprint density at radius 2 is 2.00 bits per heavy atom. The van der Waals surface area contributed by atoms with E-state index in [1.807, 2.05) is 13.0 Å². The van der Waals surface area contributed by atoms with E-state index in [2.05, 4.69) is 0 Å². The van der Waals surface area contributed by atoms with Gasteiger partial charge >= 0.3 is 0 Å². The van der Waals surface area contributed by atoms with Crippen molar-refractivity contribution in [2.24, 2.45) is 5.73 Å². The van der Waals surface area contributed by atoms with Gasteiger partial charge in [-0.05, 0) is 12.5 Å². The minimum absolute atomic E-state index is 0.168. The van der Waals surface area contributed by atoms with Crippen LogP contribution in [0.15, 0.2) is 24.3 Å². The van der Waals surface area contributed by atoms with Crippen molar-refractivity contribution in [1.29, 1.82) is 0 Å². The molecule has 0 aliphatic rings. The van der Waals surface area contributed by atoms with Crippen LogP contribution in [0.4, 0.5) is 8.78 Å². The van der Waals surface area contributed by atoms with E-state index in [9.17, 15) is 8.78 Å². The van der Waals surface area contributed by atoms with E-state index in [4.69, 9.17) is 10.5 Å². The average molecular weight is 215 g/mol. The van der Waals surface area contributed by atoms with Gasteiger partial charge in [0, 0.05) is 11.6 Å². The minimum atomic E-state index is -2.46. The quantitative estimate of drug-likeness (QED) is 0.819. The van der Waals surface area contributed by atoms with E-state index in [1.54, 1.807) is 18.2 Å². The minimum Gasteiger partial charge on any atom is -0.487 e. The van der Waals surface area contributed by atoms with Crippen LogP contribution in [0.3, 0.4) is 0 Å². The Kier molecular flexibility index (Phi) is 4.49. The van der Waals surface area contributed by atoms with Crippen molar-refractivity contribution >= 4 is 0 Å². The summed E-state index contributed by atoms with van der Waals surface area (Å²) in [6, 6.07) is 6.86. The molecule has 0 spiro atoms. The highest BCUT2D eigenvalue weighted by Gasteiger charge is 2.11. The molecule has 1 aromatic carbocycles. The van der Waals surface area contributed by atoms with Gasteiger partial charge in [-0.1, -0.05) is 25.1 Å². The fourth-order valence-corrected chi connectivity index (χ4v) is 1.29. The van der Waals surface area contributed by atoms with Crippen LogP contribution in [-0.4, -0.2) is 13.0 Å². The van der Waals surface area contributed by atoms with Gasteiger partial charge in [0.05, 0.1) is 0 Å². The van der Waals surface area contributed by atoms with Gasteiger partial charge < -0.3 is 10.5 Å². The number of rotatable bonds is 5. The predicted octanol–water partition coefficient (Wildman–Crippen LogP) is 2.74. The standard InChI is InChI=1S/C11H15F2NO/c1-2-9(14)8-5-3-4-6-10(8)15-7-11(12)13/h3-6,9,11H,2,7,14H2,1H3/t9-/m1/s1. The molecular weight excluding hydrogens is 200 g/mol. The van der Waals surface area contributed by atoms with Crippen LogP contribution < -0.4 is 10.5 Å². The SMILES string of the molecule is CC[C@@H](N)c1ccccc1OCC(F)F. The number of nitrogens with two attached hydrogens (primary N) is 1. The smallest absolute Gasteiger partial charge is 0.272 e. The monoisotopic (exact) mass is 215 g/mol. The topological polar surface area (TPSA) is 35.2 Å². The normalized spacial score (nSPS) is 12.9. The Morgan fingerprint density at radius 3 is 2.60 bits per heavy atom. The first-order valence-electron chi connectivity index (χ1n) is 4.90. The summed E-state index contributed by atoms with van der Waals surface area (Å²) < 4.78 is 28.9. The first kappa shape index (κ1) is 11.9. The highest BCUT2D eigenvalue weighted by molar-refractivity contribution is 5.35. The fraction of sp³-hybridized carbons (Fsp3) is 0.455. The van der Waals surface area contributed by atoms with Crippen LogP contribution in [0.25, 0.3) is 0 Å². The molecule has 4 heteroatoms. The van der Waals surface area contributed by atoms with Crippen molar-refractivity contribution in [1.82, 2.24) is 0 Å². The van der Waals surface area contributed by atoms with E-state index in [1.165, 1.54) is 0 Å². The molecule has 84 valence electrons. The number of alkyl halides is 2. The van der Waals surface area contributed by atoms with Gasteiger partial charge in [-0.25, -0.2) is 8.78 Å². The Bertz CT molecular complexity index is 304. The van der Waals surface area contributed by atoms with Gasteiger partial charge in [0.2, 0.25) is 0 Å². The maximum absolute atomic E-state index is 12.0. The summed E-state index contributed by atoms with van der Waals surface area (Å²) in [5.74, 6) is 0.451. The lowest BCUT2D eigenvalue weighted by Gasteiger charge is -2.15. The summed E-state index contributed by atoms with van der Waals surface area (Å²) in [6.07, 6.45) is -1.72. The van der Waals surface area contributed by atoms with E-state index in [-0.39, 0.29) is 6.04 Å². The van der Waals surface area contributed by atoms with Crippen LogP contribution in [0, 0.1) is 0 Å². The van der Waals surface area contributed by atoms with E-state index < -0.39 is 13.0 Å². The molecule has 0 fully saturated rings. The van der Waals surface area contributed by atoms with Gasteiger partial charge in [0.15, 0.2) is 0 Å². The Hall–Kier alpha value is -1.16. The summed E-state index contributed by atoms with van der Waals surface area (Å²) in [4.78, 5) is 0. The van der Waals surface area contributed by atoms with Crippen LogP contribution in [0.1, 0.15) is 24.9 Å². The molecule has 0 aromatic heterocycles. The summed E-state index contributed by atoms with van der Waals surface area (Å²) >= 11 is 0. The second-order valence-corrected chi connectivity index (χ2v) is 3.25. The maximum atomic E-state index is 12.0. The van der Waals surface area contributed by atoms with Gasteiger partial charge in [0.1, 0.15) is 12.4 Å². The van der Waals surface area contributed by atoms with Crippen molar-refractivity contribution in [2.45, 2.75) is 25.8 Å². The number of benzene rings is 1. The summed E-state index contributed by atoms with van der Waals surface area (Å²) in [7, 11) is 0. The molecule has 0 aliphatic heterocycles.